The lowest BCUT2D eigenvalue weighted by Crippen LogP contribution is -2.08. The normalized spacial score (nSPS) is 15.8. The van der Waals surface area contributed by atoms with Crippen molar-refractivity contribution in [2.75, 3.05) is 13.7 Å². The Morgan fingerprint density at radius 2 is 2.14 bits per heavy atom. The lowest BCUT2D eigenvalue weighted by Gasteiger charge is -2.05. The number of hydrogen-bond acceptors (Lipinski definition) is 6. The SMILES string of the molecule is COCc1cc2cc(C3=C(N)CN=C(C)N=C3C)oc2cn1. The first kappa shape index (κ1) is 14.5. The third-order valence-corrected chi connectivity index (χ3v) is 3.49. The number of pyridine rings is 1. The summed E-state index contributed by atoms with van der Waals surface area (Å²) in [6, 6.07) is 3.91. The molecule has 3 rings (SSSR count). The highest BCUT2D eigenvalue weighted by Crippen LogP contribution is 2.28. The maximum Gasteiger partial charge on any atom is 0.153 e. The van der Waals surface area contributed by atoms with Gasteiger partial charge in [0.1, 0.15) is 11.6 Å². The van der Waals surface area contributed by atoms with Crippen molar-refractivity contribution in [2.45, 2.75) is 20.5 Å². The van der Waals surface area contributed by atoms with Gasteiger partial charge in [0.25, 0.3) is 0 Å². The van der Waals surface area contributed by atoms with E-state index in [9.17, 15) is 0 Å². The number of ether oxygens (including phenoxy) is 1. The van der Waals surface area contributed by atoms with E-state index in [1.165, 1.54) is 0 Å². The van der Waals surface area contributed by atoms with Crippen molar-refractivity contribution >= 4 is 28.1 Å². The lowest BCUT2D eigenvalue weighted by molar-refractivity contribution is 0.181. The second kappa shape index (κ2) is 5.73. The van der Waals surface area contributed by atoms with Crippen LogP contribution in [0.2, 0.25) is 0 Å². The van der Waals surface area contributed by atoms with E-state index in [0.717, 1.165) is 28.2 Å². The highest BCUT2D eigenvalue weighted by atomic mass is 16.5. The van der Waals surface area contributed by atoms with Gasteiger partial charge in [-0.2, -0.15) is 0 Å². The van der Waals surface area contributed by atoms with Gasteiger partial charge in [0.2, 0.25) is 0 Å². The zero-order valence-corrected chi connectivity index (χ0v) is 12.9. The molecule has 2 aromatic rings. The summed E-state index contributed by atoms with van der Waals surface area (Å²) in [6.45, 7) is 4.66. The molecule has 1 aliphatic rings. The highest BCUT2D eigenvalue weighted by molar-refractivity contribution is 6.26. The fourth-order valence-electron chi connectivity index (χ4n) is 2.52. The minimum Gasteiger partial charge on any atom is -0.454 e. The molecule has 0 aliphatic carbocycles. The quantitative estimate of drug-likeness (QED) is 0.943. The molecule has 0 fully saturated rings. The van der Waals surface area contributed by atoms with Gasteiger partial charge in [0.05, 0.1) is 36.3 Å². The number of aromatic nitrogens is 1. The topological polar surface area (TPSA) is 86.0 Å². The van der Waals surface area contributed by atoms with Crippen molar-refractivity contribution in [2.24, 2.45) is 15.7 Å². The van der Waals surface area contributed by atoms with Crippen molar-refractivity contribution < 1.29 is 9.15 Å². The molecule has 22 heavy (non-hydrogen) atoms. The van der Waals surface area contributed by atoms with Crippen LogP contribution in [0, 0.1) is 0 Å². The largest absolute Gasteiger partial charge is 0.454 e. The summed E-state index contributed by atoms with van der Waals surface area (Å²) in [5, 5.41) is 0.965. The number of allylic oxidation sites excluding steroid dienone is 1. The van der Waals surface area contributed by atoms with E-state index < -0.39 is 0 Å². The fourth-order valence-corrected chi connectivity index (χ4v) is 2.52. The molecule has 6 nitrogen and oxygen atoms in total. The second-order valence-corrected chi connectivity index (χ2v) is 5.22. The molecule has 0 bridgehead atoms. The molecule has 3 heterocycles. The molecule has 0 aromatic carbocycles. The van der Waals surface area contributed by atoms with Crippen LogP contribution in [-0.4, -0.2) is 30.2 Å². The molecule has 0 unspecified atom stereocenters. The third kappa shape index (κ3) is 2.65. The Morgan fingerprint density at radius 1 is 1.32 bits per heavy atom. The van der Waals surface area contributed by atoms with Crippen LogP contribution in [-0.2, 0) is 11.3 Å². The molecule has 0 amide bonds. The second-order valence-electron chi connectivity index (χ2n) is 5.22. The van der Waals surface area contributed by atoms with Gasteiger partial charge in [-0.3, -0.25) is 9.98 Å². The van der Waals surface area contributed by atoms with Crippen LogP contribution in [0.5, 0.6) is 0 Å². The van der Waals surface area contributed by atoms with Gasteiger partial charge in [-0.25, -0.2) is 4.99 Å². The average molecular weight is 298 g/mol. The summed E-state index contributed by atoms with van der Waals surface area (Å²) in [7, 11) is 1.64. The number of hydrogen-bond donors (Lipinski definition) is 1. The number of nitrogens with two attached hydrogens (primary N) is 1. The lowest BCUT2D eigenvalue weighted by atomic mass is 10.1. The summed E-state index contributed by atoms with van der Waals surface area (Å²) in [4.78, 5) is 13.0. The Hall–Kier alpha value is -2.47. The number of fused-ring (bicyclic) bond motifs is 1. The van der Waals surface area contributed by atoms with E-state index in [2.05, 4.69) is 15.0 Å². The van der Waals surface area contributed by atoms with Gasteiger partial charge >= 0.3 is 0 Å². The van der Waals surface area contributed by atoms with E-state index >= 15 is 0 Å². The summed E-state index contributed by atoms with van der Waals surface area (Å²) in [6.07, 6.45) is 1.70. The third-order valence-electron chi connectivity index (χ3n) is 3.49. The van der Waals surface area contributed by atoms with Crippen molar-refractivity contribution in [1.82, 2.24) is 4.98 Å². The van der Waals surface area contributed by atoms with E-state index in [4.69, 9.17) is 14.9 Å². The summed E-state index contributed by atoms with van der Waals surface area (Å²) < 4.78 is 11.0. The molecule has 0 saturated heterocycles. The zero-order chi connectivity index (χ0) is 15.7. The van der Waals surface area contributed by atoms with Gasteiger partial charge in [0.15, 0.2) is 5.58 Å². The van der Waals surface area contributed by atoms with E-state index in [0.29, 0.717) is 30.2 Å². The number of rotatable bonds is 3. The molecule has 2 aromatic heterocycles. The first-order chi connectivity index (χ1) is 10.6. The van der Waals surface area contributed by atoms with E-state index in [-0.39, 0.29) is 0 Å². The number of furan rings is 1. The predicted molar refractivity (Wildman–Crippen MR) is 86.9 cm³/mol. The summed E-state index contributed by atoms with van der Waals surface area (Å²) in [5.41, 5.74) is 10.00. The molecule has 0 saturated carbocycles. The monoisotopic (exact) mass is 298 g/mol. The molecule has 6 heteroatoms. The van der Waals surface area contributed by atoms with Crippen LogP contribution in [0.15, 0.2) is 38.4 Å². The standard InChI is InChI=1S/C16H18N4O2/c1-9-16(13(17)6-18-10(2)20-9)14-5-11-4-12(8-21-3)19-7-15(11)22-14/h4-5,7H,6,8,17H2,1-3H3. The van der Waals surface area contributed by atoms with Gasteiger partial charge in [-0.05, 0) is 26.0 Å². The van der Waals surface area contributed by atoms with Crippen LogP contribution >= 0.6 is 0 Å². The minimum absolute atomic E-state index is 0.423. The van der Waals surface area contributed by atoms with Crippen LogP contribution in [0.25, 0.3) is 16.5 Å². The van der Waals surface area contributed by atoms with E-state index in [1.54, 1.807) is 13.3 Å². The Labute approximate surface area is 128 Å². The molecule has 0 atom stereocenters. The van der Waals surface area contributed by atoms with Crippen molar-refractivity contribution in [3.8, 4) is 0 Å². The van der Waals surface area contributed by atoms with Gasteiger partial charge in [0, 0.05) is 18.2 Å². The predicted octanol–water partition coefficient (Wildman–Crippen LogP) is 2.54. The summed E-state index contributed by atoms with van der Waals surface area (Å²) in [5.74, 6) is 1.41. The molecular formula is C16H18N4O2. The zero-order valence-electron chi connectivity index (χ0n) is 12.9. The van der Waals surface area contributed by atoms with Gasteiger partial charge in [-0.15, -0.1) is 0 Å². The van der Waals surface area contributed by atoms with Crippen LogP contribution < -0.4 is 5.73 Å². The van der Waals surface area contributed by atoms with Crippen LogP contribution in [0.4, 0.5) is 0 Å². The smallest absolute Gasteiger partial charge is 0.153 e. The summed E-state index contributed by atoms with van der Waals surface area (Å²) >= 11 is 0. The Morgan fingerprint density at radius 3 is 2.91 bits per heavy atom. The Balaban J connectivity index is 2.08. The van der Waals surface area contributed by atoms with Crippen molar-refractivity contribution in [3.63, 3.8) is 0 Å². The molecule has 0 spiro atoms. The number of nitrogens with zero attached hydrogens (tertiary/aromatic N) is 3. The fraction of sp³-hybridized carbons (Fsp3) is 0.312. The number of methoxy groups -OCH3 is 1. The van der Waals surface area contributed by atoms with Crippen molar-refractivity contribution in [3.05, 3.63) is 35.5 Å². The number of amidine groups is 1. The van der Waals surface area contributed by atoms with Crippen LogP contribution in [0.3, 0.4) is 0 Å². The van der Waals surface area contributed by atoms with Crippen molar-refractivity contribution in [1.29, 1.82) is 0 Å². The maximum atomic E-state index is 6.16. The van der Waals surface area contributed by atoms with Crippen LogP contribution in [0.1, 0.15) is 25.3 Å². The van der Waals surface area contributed by atoms with Gasteiger partial charge in [-0.1, -0.05) is 0 Å². The minimum atomic E-state index is 0.423. The Bertz CT molecular complexity index is 815. The first-order valence-corrected chi connectivity index (χ1v) is 7.01. The molecular weight excluding hydrogens is 280 g/mol. The maximum absolute atomic E-state index is 6.16. The Kier molecular flexibility index (Phi) is 3.77. The van der Waals surface area contributed by atoms with E-state index in [1.807, 2.05) is 26.0 Å². The number of aliphatic imine (C=N–C) groups is 2. The average Bonchev–Trinajstić information content (AvgIpc) is 2.82. The molecule has 2 N–H and O–H groups in total. The molecule has 1 aliphatic heterocycles. The highest BCUT2D eigenvalue weighted by Gasteiger charge is 2.18. The molecule has 0 radical (unpaired) electrons. The first-order valence-electron chi connectivity index (χ1n) is 7.01. The van der Waals surface area contributed by atoms with Gasteiger partial charge < -0.3 is 14.9 Å². The molecule has 114 valence electrons.